The van der Waals surface area contributed by atoms with Gasteiger partial charge in [-0.1, -0.05) is 44.2 Å². The van der Waals surface area contributed by atoms with Crippen molar-refractivity contribution in [1.29, 1.82) is 0 Å². The highest BCUT2D eigenvalue weighted by molar-refractivity contribution is 5.82. The van der Waals surface area contributed by atoms with Gasteiger partial charge in [0, 0.05) is 26.1 Å². The Balaban J connectivity index is 1.51. The quantitative estimate of drug-likeness (QED) is 0.759. The number of amides is 2. The highest BCUT2D eigenvalue weighted by Crippen LogP contribution is 2.29. The van der Waals surface area contributed by atoms with Crippen molar-refractivity contribution in [2.24, 2.45) is 11.8 Å². The van der Waals surface area contributed by atoms with Gasteiger partial charge < -0.3 is 15.5 Å². The van der Waals surface area contributed by atoms with Crippen molar-refractivity contribution in [2.45, 2.75) is 57.9 Å². The normalized spacial score (nSPS) is 23.6. The summed E-state index contributed by atoms with van der Waals surface area (Å²) in [6, 6.07) is 10.3. The van der Waals surface area contributed by atoms with Crippen molar-refractivity contribution in [1.82, 2.24) is 15.5 Å². The van der Waals surface area contributed by atoms with Gasteiger partial charge in [0.15, 0.2) is 0 Å². The van der Waals surface area contributed by atoms with E-state index in [1.165, 1.54) is 5.56 Å². The summed E-state index contributed by atoms with van der Waals surface area (Å²) >= 11 is 0. The average Bonchev–Trinajstić information content (AvgIpc) is 3.25. The Morgan fingerprint density at radius 1 is 1.18 bits per heavy atom. The number of piperidine rings is 1. The maximum Gasteiger partial charge on any atom is 0.237 e. The van der Waals surface area contributed by atoms with Crippen molar-refractivity contribution >= 4 is 11.8 Å². The summed E-state index contributed by atoms with van der Waals surface area (Å²) in [5.41, 5.74) is 1.25. The Kier molecular flexibility index (Phi) is 7.49. The topological polar surface area (TPSA) is 61.4 Å². The molecule has 0 spiro atoms. The van der Waals surface area contributed by atoms with Crippen molar-refractivity contribution in [3.05, 3.63) is 35.9 Å². The van der Waals surface area contributed by atoms with E-state index < -0.39 is 0 Å². The predicted molar refractivity (Wildman–Crippen MR) is 112 cm³/mol. The summed E-state index contributed by atoms with van der Waals surface area (Å²) in [6.45, 7) is 7.59. The molecule has 0 aliphatic carbocycles. The van der Waals surface area contributed by atoms with E-state index in [-0.39, 0.29) is 23.8 Å². The lowest BCUT2D eigenvalue weighted by molar-refractivity contribution is -0.133. The van der Waals surface area contributed by atoms with E-state index in [1.54, 1.807) is 0 Å². The van der Waals surface area contributed by atoms with Gasteiger partial charge >= 0.3 is 0 Å². The number of nitrogens with zero attached hydrogens (tertiary/aromatic N) is 1. The molecule has 5 nitrogen and oxygen atoms in total. The Morgan fingerprint density at radius 2 is 1.96 bits per heavy atom. The number of likely N-dealkylation sites (tertiary alicyclic amines) is 1. The molecular formula is C23H35N3O2. The van der Waals surface area contributed by atoms with E-state index >= 15 is 0 Å². The number of nitrogens with one attached hydrogen (secondary N) is 2. The van der Waals surface area contributed by atoms with Crippen LogP contribution in [0.1, 0.15) is 57.4 Å². The molecule has 3 rings (SSSR count). The molecular weight excluding hydrogens is 350 g/mol. The fraction of sp³-hybridized carbons (Fsp3) is 0.652. The summed E-state index contributed by atoms with van der Waals surface area (Å²) in [4.78, 5) is 27.3. The van der Waals surface area contributed by atoms with Crippen LogP contribution in [0.15, 0.2) is 30.3 Å². The first-order chi connectivity index (χ1) is 13.5. The lowest BCUT2D eigenvalue weighted by atomic mass is 9.85. The summed E-state index contributed by atoms with van der Waals surface area (Å²) in [5.74, 6) is 1.39. The standard InChI is InChI=1S/C23H35N3O2/c1-17(2)20(19-9-4-3-5-10-19)14-22(27)26-13-7-8-18(16-26)15-25-23(28)21-11-6-12-24-21/h3-5,9-10,17-18,20-21,24H,6-8,11-16H2,1-2H3,(H,25,28). The molecule has 2 aliphatic rings. The van der Waals surface area contributed by atoms with Crippen molar-refractivity contribution in [3.8, 4) is 0 Å². The first-order valence-electron chi connectivity index (χ1n) is 10.9. The molecule has 2 fully saturated rings. The molecule has 0 saturated carbocycles. The molecule has 1 aromatic carbocycles. The predicted octanol–water partition coefficient (Wildman–Crippen LogP) is 2.92. The number of rotatable bonds is 7. The lowest BCUT2D eigenvalue weighted by Gasteiger charge is -2.34. The van der Waals surface area contributed by atoms with Crippen LogP contribution in [0.4, 0.5) is 0 Å². The van der Waals surface area contributed by atoms with Gasteiger partial charge in [-0.2, -0.15) is 0 Å². The molecule has 2 amide bonds. The van der Waals surface area contributed by atoms with Gasteiger partial charge in [0.05, 0.1) is 6.04 Å². The number of carbonyl (C=O) groups excluding carboxylic acids is 2. The van der Waals surface area contributed by atoms with Crippen molar-refractivity contribution in [2.75, 3.05) is 26.2 Å². The molecule has 3 atom stereocenters. The van der Waals surface area contributed by atoms with Crippen LogP contribution in [-0.4, -0.2) is 48.9 Å². The Labute approximate surface area is 169 Å². The van der Waals surface area contributed by atoms with E-state index in [9.17, 15) is 9.59 Å². The van der Waals surface area contributed by atoms with Crippen LogP contribution in [-0.2, 0) is 9.59 Å². The minimum Gasteiger partial charge on any atom is -0.354 e. The highest BCUT2D eigenvalue weighted by atomic mass is 16.2. The maximum atomic E-state index is 13.0. The van der Waals surface area contributed by atoms with Gasteiger partial charge in [0.1, 0.15) is 0 Å². The number of hydrogen-bond acceptors (Lipinski definition) is 3. The van der Waals surface area contributed by atoms with Gasteiger partial charge in [-0.25, -0.2) is 0 Å². The van der Waals surface area contributed by atoms with E-state index in [4.69, 9.17) is 0 Å². The minimum atomic E-state index is -0.0287. The third-order valence-corrected chi connectivity index (χ3v) is 6.24. The first kappa shape index (κ1) is 20.8. The molecule has 0 bridgehead atoms. The number of benzene rings is 1. The molecule has 2 N–H and O–H groups in total. The zero-order chi connectivity index (χ0) is 19.9. The largest absolute Gasteiger partial charge is 0.354 e. The molecule has 2 heterocycles. The molecule has 1 aromatic rings. The molecule has 3 unspecified atom stereocenters. The van der Waals surface area contributed by atoms with Gasteiger partial charge in [0.25, 0.3) is 0 Å². The summed E-state index contributed by atoms with van der Waals surface area (Å²) in [6.07, 6.45) is 4.66. The molecule has 5 heteroatoms. The summed E-state index contributed by atoms with van der Waals surface area (Å²) in [5, 5.41) is 6.34. The minimum absolute atomic E-state index is 0.0287. The SMILES string of the molecule is CC(C)C(CC(=O)N1CCCC(CNC(=O)C2CCCN2)C1)c1ccccc1. The van der Waals surface area contributed by atoms with Gasteiger partial charge in [0.2, 0.25) is 11.8 Å². The van der Waals surface area contributed by atoms with Crippen molar-refractivity contribution in [3.63, 3.8) is 0 Å². The van der Waals surface area contributed by atoms with Crippen LogP contribution in [0.25, 0.3) is 0 Å². The van der Waals surface area contributed by atoms with E-state index in [1.807, 2.05) is 23.1 Å². The number of hydrogen-bond donors (Lipinski definition) is 2. The second kappa shape index (κ2) is 10.1. The Hall–Kier alpha value is -1.88. The monoisotopic (exact) mass is 385 g/mol. The summed E-state index contributed by atoms with van der Waals surface area (Å²) in [7, 11) is 0. The average molecular weight is 386 g/mol. The van der Waals surface area contributed by atoms with Crippen LogP contribution < -0.4 is 10.6 Å². The molecule has 0 aromatic heterocycles. The van der Waals surface area contributed by atoms with Gasteiger partial charge in [-0.15, -0.1) is 0 Å². The Bertz CT molecular complexity index is 641. The van der Waals surface area contributed by atoms with Gasteiger partial charge in [-0.05, 0) is 55.5 Å². The zero-order valence-electron chi connectivity index (χ0n) is 17.3. The molecule has 0 radical (unpaired) electrons. The highest BCUT2D eigenvalue weighted by Gasteiger charge is 2.28. The lowest BCUT2D eigenvalue weighted by Crippen LogP contribution is -2.47. The van der Waals surface area contributed by atoms with Crippen LogP contribution >= 0.6 is 0 Å². The molecule has 2 saturated heterocycles. The second-order valence-electron chi connectivity index (χ2n) is 8.71. The fourth-order valence-electron chi connectivity index (χ4n) is 4.49. The van der Waals surface area contributed by atoms with Gasteiger partial charge in [-0.3, -0.25) is 9.59 Å². The maximum absolute atomic E-state index is 13.0. The molecule has 2 aliphatic heterocycles. The van der Waals surface area contributed by atoms with Crippen molar-refractivity contribution < 1.29 is 9.59 Å². The van der Waals surface area contributed by atoms with Crippen LogP contribution in [0, 0.1) is 11.8 Å². The third-order valence-electron chi connectivity index (χ3n) is 6.24. The molecule has 28 heavy (non-hydrogen) atoms. The smallest absolute Gasteiger partial charge is 0.237 e. The van der Waals surface area contributed by atoms with Crippen LogP contribution in [0.2, 0.25) is 0 Å². The van der Waals surface area contributed by atoms with Crippen LogP contribution in [0.5, 0.6) is 0 Å². The van der Waals surface area contributed by atoms with E-state index in [2.05, 4.69) is 36.6 Å². The molecule has 154 valence electrons. The third kappa shape index (κ3) is 5.57. The Morgan fingerprint density at radius 3 is 2.64 bits per heavy atom. The first-order valence-corrected chi connectivity index (χ1v) is 10.9. The fourth-order valence-corrected chi connectivity index (χ4v) is 4.49. The van der Waals surface area contributed by atoms with E-state index in [0.717, 1.165) is 45.3 Å². The van der Waals surface area contributed by atoms with E-state index in [0.29, 0.717) is 24.8 Å². The summed E-state index contributed by atoms with van der Waals surface area (Å²) < 4.78 is 0. The second-order valence-corrected chi connectivity index (χ2v) is 8.71. The number of carbonyl (C=O) groups is 2. The van der Waals surface area contributed by atoms with Crippen LogP contribution in [0.3, 0.4) is 0 Å². The zero-order valence-corrected chi connectivity index (χ0v) is 17.3.